The summed E-state index contributed by atoms with van der Waals surface area (Å²) in [5, 5.41) is 18.4. The predicted molar refractivity (Wildman–Crippen MR) is 212 cm³/mol. The first-order valence-electron chi connectivity index (χ1n) is 17.8. The summed E-state index contributed by atoms with van der Waals surface area (Å²) in [5.74, 6) is 2.08. The zero-order chi connectivity index (χ0) is 38.2. The Morgan fingerprint density at radius 2 is 1.11 bits per heavy atom. The first-order chi connectivity index (χ1) is 26.6. The number of aryl methyl sites for hydroxylation is 2. The fraction of sp³-hybridized carbons (Fsp3) is 0.238. The lowest BCUT2D eigenvalue weighted by atomic mass is 9.94. The molecule has 0 atom stereocenters. The number of carbonyl (C=O) groups excluding carboxylic acids is 1. The number of hydrogen-bond donors (Lipinski definition) is 3. The van der Waals surface area contributed by atoms with E-state index >= 15 is 0 Å². The lowest BCUT2D eigenvalue weighted by molar-refractivity contribution is -0.140. The lowest BCUT2D eigenvalue weighted by Crippen LogP contribution is -2.27. The fourth-order valence-electron chi connectivity index (χ4n) is 6.53. The number of carboxylic acid groups (broad SMARTS) is 1. The smallest absolute Gasteiger partial charge is 0.314 e. The van der Waals surface area contributed by atoms with Gasteiger partial charge in [-0.15, -0.1) is 22.7 Å². The van der Waals surface area contributed by atoms with Gasteiger partial charge in [0.25, 0.3) is 0 Å². The molecule has 55 heavy (non-hydrogen) atoms. The number of nitrogens with two attached hydrogens (primary N) is 1. The molecular formula is C42H38N4O7S2. The van der Waals surface area contributed by atoms with E-state index in [2.05, 4.69) is 20.7 Å². The standard InChI is InChI=1S/C21H18N2O3S.C11H10O4.C10H10N2S/c1-13-22-17(11-27-13)14-2-5-16(6-3-14)23-20(24)21(8-9-21)15-4-7-18-19(10-15)26-12-25-18;12-10(13)11(3-4-11)7-1-2-8-9(5-7)15-6-14-8;1-7-12-10(6-13-7)8-2-4-9(11)5-3-8/h2-7,10-11H,8-9,12H2,1H3,(H,23,24);1-2,5H,3-4,6H2,(H,12,13);2-6H,11H2,1H3. The number of ether oxygens (including phenoxy) is 4. The largest absolute Gasteiger partial charge is 0.481 e. The predicted octanol–water partition coefficient (Wildman–Crippen LogP) is 8.75. The maximum absolute atomic E-state index is 13.0. The second kappa shape index (κ2) is 14.7. The summed E-state index contributed by atoms with van der Waals surface area (Å²) in [5.41, 5.74) is 12.0. The zero-order valence-electron chi connectivity index (χ0n) is 30.2. The molecule has 6 aromatic rings. The second-order valence-electron chi connectivity index (χ2n) is 13.8. The number of rotatable bonds is 7. The maximum atomic E-state index is 13.0. The van der Waals surface area contributed by atoms with E-state index in [1.807, 2.05) is 92.0 Å². The normalized spacial score (nSPS) is 15.8. The summed E-state index contributed by atoms with van der Waals surface area (Å²) in [6.07, 6.45) is 3.10. The minimum Gasteiger partial charge on any atom is -0.481 e. The minimum absolute atomic E-state index is 0.0265. The molecule has 280 valence electrons. The lowest BCUT2D eigenvalue weighted by Gasteiger charge is -2.16. The molecule has 0 spiro atoms. The molecule has 0 radical (unpaired) electrons. The van der Waals surface area contributed by atoms with Crippen molar-refractivity contribution < 1.29 is 33.6 Å². The Hall–Kier alpha value is -5.92. The van der Waals surface area contributed by atoms with Gasteiger partial charge in [-0.1, -0.05) is 36.4 Å². The van der Waals surface area contributed by atoms with Gasteiger partial charge in [-0.05, 0) is 99.2 Å². The van der Waals surface area contributed by atoms with Crippen molar-refractivity contribution >= 4 is 45.9 Å². The Bertz CT molecular complexity index is 2360. The van der Waals surface area contributed by atoms with E-state index in [0.717, 1.165) is 79.4 Å². The van der Waals surface area contributed by atoms with Crippen LogP contribution in [0.25, 0.3) is 22.5 Å². The average molecular weight is 775 g/mol. The highest BCUT2D eigenvalue weighted by atomic mass is 32.1. The molecule has 2 saturated carbocycles. The van der Waals surface area contributed by atoms with Crippen molar-refractivity contribution in [1.29, 1.82) is 0 Å². The summed E-state index contributed by atoms with van der Waals surface area (Å²) < 4.78 is 21.2. The summed E-state index contributed by atoms with van der Waals surface area (Å²) in [6.45, 7) is 4.46. The molecule has 0 bridgehead atoms. The molecule has 1 amide bonds. The van der Waals surface area contributed by atoms with E-state index in [1.165, 1.54) is 0 Å². The van der Waals surface area contributed by atoms with Crippen molar-refractivity contribution in [2.24, 2.45) is 0 Å². The molecule has 4 aromatic carbocycles. The van der Waals surface area contributed by atoms with Crippen molar-refractivity contribution in [3.05, 3.63) is 117 Å². The van der Waals surface area contributed by atoms with Crippen LogP contribution in [0.3, 0.4) is 0 Å². The second-order valence-corrected chi connectivity index (χ2v) is 15.9. The monoisotopic (exact) mass is 774 g/mol. The molecule has 2 aromatic heterocycles. The van der Waals surface area contributed by atoms with Gasteiger partial charge in [0, 0.05) is 33.3 Å². The van der Waals surface area contributed by atoms with Gasteiger partial charge in [-0.3, -0.25) is 9.59 Å². The van der Waals surface area contributed by atoms with Gasteiger partial charge in [0.05, 0.1) is 32.2 Å². The van der Waals surface area contributed by atoms with Crippen molar-refractivity contribution in [1.82, 2.24) is 9.97 Å². The maximum Gasteiger partial charge on any atom is 0.314 e. The van der Waals surface area contributed by atoms with Crippen molar-refractivity contribution in [2.75, 3.05) is 24.6 Å². The number of anilines is 2. The van der Waals surface area contributed by atoms with Crippen LogP contribution in [0.4, 0.5) is 11.4 Å². The first-order valence-corrected chi connectivity index (χ1v) is 19.5. The van der Waals surface area contributed by atoms with Gasteiger partial charge in [-0.25, -0.2) is 9.97 Å². The Balaban J connectivity index is 0.000000129. The molecule has 4 heterocycles. The number of nitrogens with one attached hydrogen (secondary N) is 1. The number of amides is 1. The number of hydrogen-bond acceptors (Lipinski definition) is 11. The Kier molecular flexibility index (Phi) is 9.66. The molecule has 0 saturated heterocycles. The highest BCUT2D eigenvalue weighted by Crippen LogP contribution is 2.52. The molecule has 11 nitrogen and oxygen atoms in total. The van der Waals surface area contributed by atoms with Gasteiger partial charge in [-0.2, -0.15) is 0 Å². The number of aromatic nitrogens is 2. The third-order valence-corrected chi connectivity index (χ3v) is 11.6. The van der Waals surface area contributed by atoms with Gasteiger partial charge in [0.2, 0.25) is 19.5 Å². The van der Waals surface area contributed by atoms with Crippen LogP contribution in [-0.2, 0) is 20.4 Å². The topological polar surface area (TPSA) is 155 Å². The summed E-state index contributed by atoms with van der Waals surface area (Å²) in [7, 11) is 0. The van der Waals surface area contributed by atoms with Crippen LogP contribution in [0.5, 0.6) is 23.0 Å². The van der Waals surface area contributed by atoms with Crippen molar-refractivity contribution in [2.45, 2.75) is 50.4 Å². The first kappa shape index (κ1) is 36.1. The van der Waals surface area contributed by atoms with E-state index in [4.69, 9.17) is 29.8 Å². The minimum atomic E-state index is -0.749. The number of carboxylic acids is 1. The number of fused-ring (bicyclic) bond motifs is 2. The van der Waals surface area contributed by atoms with E-state index in [9.17, 15) is 9.59 Å². The van der Waals surface area contributed by atoms with Crippen LogP contribution in [0.2, 0.25) is 0 Å². The highest BCUT2D eigenvalue weighted by Gasteiger charge is 2.52. The molecule has 2 fully saturated rings. The van der Waals surface area contributed by atoms with E-state index in [0.29, 0.717) is 24.3 Å². The molecular weight excluding hydrogens is 737 g/mol. The van der Waals surface area contributed by atoms with Gasteiger partial charge in [0.1, 0.15) is 0 Å². The van der Waals surface area contributed by atoms with Crippen LogP contribution >= 0.6 is 22.7 Å². The molecule has 0 unspecified atom stereocenters. The molecule has 13 heteroatoms. The Morgan fingerprint density at radius 3 is 1.55 bits per heavy atom. The number of carbonyl (C=O) groups is 2. The molecule has 2 aliphatic carbocycles. The number of nitrogens with zero attached hydrogens (tertiary/aromatic N) is 2. The summed E-state index contributed by atoms with van der Waals surface area (Å²) >= 11 is 3.29. The van der Waals surface area contributed by atoms with Gasteiger partial charge < -0.3 is 35.1 Å². The fourth-order valence-corrected chi connectivity index (χ4v) is 7.78. The van der Waals surface area contributed by atoms with E-state index in [1.54, 1.807) is 34.8 Å². The number of thiazole rings is 2. The Morgan fingerprint density at radius 1 is 0.655 bits per heavy atom. The zero-order valence-corrected chi connectivity index (χ0v) is 31.8. The van der Waals surface area contributed by atoms with Crippen LogP contribution in [0, 0.1) is 13.8 Å². The molecule has 10 rings (SSSR count). The highest BCUT2D eigenvalue weighted by molar-refractivity contribution is 7.10. The third-order valence-electron chi connectivity index (χ3n) is 10.1. The van der Waals surface area contributed by atoms with E-state index in [-0.39, 0.29) is 19.5 Å². The molecule has 4 N–H and O–H groups in total. The Labute approximate surface area is 325 Å². The summed E-state index contributed by atoms with van der Waals surface area (Å²) in [6, 6.07) is 26.8. The SMILES string of the molecule is Cc1nc(-c2ccc(N)cc2)cs1.Cc1nc(-c2ccc(NC(=O)C3(c4ccc5c(c4)OCO5)CC3)cc2)cs1.O=C(O)C1(c2ccc3c(c2)OCO3)CC1. The van der Waals surface area contributed by atoms with Crippen LogP contribution in [0.1, 0.15) is 46.8 Å². The number of nitrogen functional groups attached to an aromatic ring is 1. The van der Waals surface area contributed by atoms with E-state index < -0.39 is 16.8 Å². The molecule has 2 aliphatic heterocycles. The van der Waals surface area contributed by atoms with Crippen molar-refractivity contribution in [3.63, 3.8) is 0 Å². The average Bonchev–Trinajstić information content (AvgIpc) is 3.90. The van der Waals surface area contributed by atoms with Crippen LogP contribution in [-0.4, -0.2) is 40.5 Å². The van der Waals surface area contributed by atoms with Crippen molar-refractivity contribution in [3.8, 4) is 45.5 Å². The third kappa shape index (κ3) is 7.58. The number of aliphatic carboxylic acids is 1. The summed E-state index contributed by atoms with van der Waals surface area (Å²) in [4.78, 5) is 33.0. The quantitative estimate of drug-likeness (QED) is 0.134. The van der Waals surface area contributed by atoms with Gasteiger partial charge >= 0.3 is 5.97 Å². The van der Waals surface area contributed by atoms with Crippen LogP contribution < -0.4 is 30.0 Å². The number of benzene rings is 4. The van der Waals surface area contributed by atoms with Gasteiger partial charge in [0.15, 0.2) is 23.0 Å². The van der Waals surface area contributed by atoms with Crippen LogP contribution in [0.15, 0.2) is 95.7 Å². The molecule has 4 aliphatic rings.